The standard InChI is InChI=1S/C46H46N2/c1-27-22-30(24-45(6)26-39(27)45)47(28-18-20-32-31-12-7-8-13-33(31)43(2,3)38(32)23-28)29-19-21-37-42-46(37,25-29)36-16-11-15-35-41(36)48(42)40-17-10-9-14-34(40)44(35,4)5/h7-15,17-23,25,30,36-37,39,42H,16,24,26H2,1-6H3. The second kappa shape index (κ2) is 8.57. The van der Waals surface area contributed by atoms with Crippen molar-refractivity contribution in [3.05, 3.63) is 142 Å². The molecule has 1 saturated heterocycles. The minimum absolute atomic E-state index is 0.0130. The van der Waals surface area contributed by atoms with E-state index in [1.165, 1.54) is 63.3 Å². The van der Waals surface area contributed by atoms with Crippen LogP contribution in [-0.4, -0.2) is 12.1 Å². The Hall–Kier alpha value is -4.04. The molecule has 1 spiro atoms. The molecule has 2 aliphatic heterocycles. The van der Waals surface area contributed by atoms with Crippen molar-refractivity contribution in [2.24, 2.45) is 28.6 Å². The average molecular weight is 627 g/mol. The van der Waals surface area contributed by atoms with Crippen LogP contribution in [-0.2, 0) is 10.8 Å². The molecule has 240 valence electrons. The Kier molecular flexibility index (Phi) is 4.97. The Balaban J connectivity index is 1.08. The fourth-order valence-electron chi connectivity index (χ4n) is 12.1. The summed E-state index contributed by atoms with van der Waals surface area (Å²) in [4.78, 5) is 5.57. The Labute approximate surface area is 286 Å². The lowest BCUT2D eigenvalue weighted by atomic mass is 9.67. The zero-order chi connectivity index (χ0) is 32.5. The van der Waals surface area contributed by atoms with Crippen LogP contribution in [0.5, 0.6) is 0 Å². The van der Waals surface area contributed by atoms with Gasteiger partial charge in [-0.1, -0.05) is 119 Å². The summed E-state index contributed by atoms with van der Waals surface area (Å²) in [5.74, 6) is 1.84. The summed E-state index contributed by atoms with van der Waals surface area (Å²) < 4.78 is 0. The van der Waals surface area contributed by atoms with E-state index in [9.17, 15) is 0 Å². The lowest BCUT2D eigenvalue weighted by Gasteiger charge is -2.45. The number of benzene rings is 3. The number of para-hydroxylation sites is 1. The van der Waals surface area contributed by atoms with Crippen LogP contribution in [0.2, 0.25) is 0 Å². The molecule has 7 atom stereocenters. The molecule has 7 unspecified atom stereocenters. The highest BCUT2D eigenvalue weighted by Gasteiger charge is 2.76. The molecule has 0 aromatic heterocycles. The summed E-state index contributed by atoms with van der Waals surface area (Å²) in [6.07, 6.45) is 19.2. The van der Waals surface area contributed by atoms with Crippen molar-refractivity contribution in [3.8, 4) is 11.1 Å². The molecule has 0 radical (unpaired) electrons. The summed E-state index contributed by atoms with van der Waals surface area (Å²) in [6.45, 7) is 14.7. The summed E-state index contributed by atoms with van der Waals surface area (Å²) in [5, 5.41) is 0. The predicted molar refractivity (Wildman–Crippen MR) is 198 cm³/mol. The van der Waals surface area contributed by atoms with Crippen molar-refractivity contribution >= 4 is 11.4 Å². The van der Waals surface area contributed by atoms with Crippen molar-refractivity contribution in [1.82, 2.24) is 0 Å². The van der Waals surface area contributed by atoms with Crippen LogP contribution in [0.3, 0.4) is 0 Å². The molecule has 3 fully saturated rings. The van der Waals surface area contributed by atoms with E-state index >= 15 is 0 Å². The molecule has 2 heteroatoms. The number of rotatable bonds is 3. The molecular formula is C46H46N2. The van der Waals surface area contributed by atoms with Gasteiger partial charge in [-0.05, 0) is 95.2 Å². The molecule has 3 aromatic carbocycles. The van der Waals surface area contributed by atoms with Gasteiger partial charge in [-0.3, -0.25) is 0 Å². The lowest BCUT2D eigenvalue weighted by Crippen LogP contribution is -2.39. The predicted octanol–water partition coefficient (Wildman–Crippen LogP) is 10.6. The van der Waals surface area contributed by atoms with Crippen LogP contribution in [0.15, 0.2) is 126 Å². The SMILES string of the molecule is CC1=CC(N(C2=CC34C5CC=CC6=C5N(c5ccccc5C6(C)C)C3C4C=C2)c2ccc3c(c2)C(C)(C)c2ccccc2-3)CC2(C)CC12. The maximum absolute atomic E-state index is 2.80. The van der Waals surface area contributed by atoms with E-state index in [2.05, 4.69) is 155 Å². The monoisotopic (exact) mass is 626 g/mol. The smallest absolute Gasteiger partial charge is 0.0530 e. The number of hydrogen-bond acceptors (Lipinski definition) is 2. The van der Waals surface area contributed by atoms with Gasteiger partial charge in [0.1, 0.15) is 0 Å². The van der Waals surface area contributed by atoms with Gasteiger partial charge in [0, 0.05) is 50.8 Å². The summed E-state index contributed by atoms with van der Waals surface area (Å²) in [6, 6.07) is 26.6. The van der Waals surface area contributed by atoms with Gasteiger partial charge in [-0.2, -0.15) is 0 Å². The number of allylic oxidation sites excluding steroid dienone is 6. The van der Waals surface area contributed by atoms with E-state index in [-0.39, 0.29) is 16.2 Å². The van der Waals surface area contributed by atoms with Crippen molar-refractivity contribution in [2.75, 3.05) is 9.80 Å². The first-order valence-electron chi connectivity index (χ1n) is 18.5. The van der Waals surface area contributed by atoms with E-state index < -0.39 is 0 Å². The van der Waals surface area contributed by atoms with Gasteiger partial charge in [0.2, 0.25) is 0 Å². The molecule has 11 rings (SSSR count). The second-order valence-corrected chi connectivity index (χ2v) is 17.8. The minimum Gasteiger partial charge on any atom is -0.340 e. The number of fused-ring (bicyclic) bond motifs is 8. The van der Waals surface area contributed by atoms with E-state index in [1.807, 2.05) is 0 Å². The minimum atomic E-state index is -0.0203. The largest absolute Gasteiger partial charge is 0.340 e. The zero-order valence-corrected chi connectivity index (χ0v) is 29.2. The summed E-state index contributed by atoms with van der Waals surface area (Å²) >= 11 is 0. The molecule has 2 saturated carbocycles. The molecule has 0 bridgehead atoms. The number of hydrogen-bond donors (Lipinski definition) is 0. The van der Waals surface area contributed by atoms with Crippen LogP contribution in [0, 0.1) is 28.6 Å². The van der Waals surface area contributed by atoms with Gasteiger partial charge in [-0.25, -0.2) is 0 Å². The Morgan fingerprint density at radius 2 is 1.54 bits per heavy atom. The van der Waals surface area contributed by atoms with Crippen LogP contribution >= 0.6 is 0 Å². The van der Waals surface area contributed by atoms with E-state index in [0.29, 0.717) is 29.3 Å². The van der Waals surface area contributed by atoms with Crippen LogP contribution in [0.1, 0.15) is 77.5 Å². The Morgan fingerprint density at radius 1 is 0.771 bits per heavy atom. The third-order valence-corrected chi connectivity index (χ3v) is 14.6. The van der Waals surface area contributed by atoms with Crippen molar-refractivity contribution in [2.45, 2.75) is 83.7 Å². The van der Waals surface area contributed by atoms with Gasteiger partial charge < -0.3 is 9.80 Å². The molecule has 8 aliphatic rings. The maximum atomic E-state index is 2.80. The molecule has 6 aliphatic carbocycles. The highest BCUT2D eigenvalue weighted by molar-refractivity contribution is 5.83. The average Bonchev–Trinajstić information content (AvgIpc) is 3.91. The first-order valence-corrected chi connectivity index (χ1v) is 18.5. The molecule has 3 aromatic rings. The Bertz CT molecular complexity index is 2150. The van der Waals surface area contributed by atoms with Crippen molar-refractivity contribution in [1.29, 1.82) is 0 Å². The number of anilines is 2. The number of piperidine rings is 1. The van der Waals surface area contributed by atoms with Gasteiger partial charge in [0.15, 0.2) is 0 Å². The molecule has 0 N–H and O–H groups in total. The summed E-state index contributed by atoms with van der Waals surface area (Å²) in [7, 11) is 0. The van der Waals surface area contributed by atoms with E-state index in [4.69, 9.17) is 0 Å². The van der Waals surface area contributed by atoms with Crippen LogP contribution in [0.25, 0.3) is 11.1 Å². The quantitative estimate of drug-likeness (QED) is 0.267. The highest BCUT2D eigenvalue weighted by atomic mass is 15.3. The van der Waals surface area contributed by atoms with E-state index in [1.54, 1.807) is 11.3 Å². The maximum Gasteiger partial charge on any atom is 0.0530 e. The normalized spacial score (nSPS) is 35.7. The van der Waals surface area contributed by atoms with E-state index in [0.717, 1.165) is 12.3 Å². The fourth-order valence-corrected chi connectivity index (χ4v) is 12.1. The fraction of sp³-hybridized carbons (Fsp3) is 0.391. The molecule has 2 heterocycles. The first-order chi connectivity index (χ1) is 23.1. The van der Waals surface area contributed by atoms with Crippen LogP contribution in [0.4, 0.5) is 11.4 Å². The molecule has 48 heavy (non-hydrogen) atoms. The van der Waals surface area contributed by atoms with Gasteiger partial charge >= 0.3 is 0 Å². The highest BCUT2D eigenvalue weighted by Crippen LogP contribution is 2.75. The molecule has 0 amide bonds. The van der Waals surface area contributed by atoms with Crippen LogP contribution < -0.4 is 9.80 Å². The lowest BCUT2D eigenvalue weighted by molar-refractivity contribution is 0.413. The van der Waals surface area contributed by atoms with Crippen molar-refractivity contribution < 1.29 is 0 Å². The molecule has 2 nitrogen and oxygen atoms in total. The zero-order valence-electron chi connectivity index (χ0n) is 29.2. The third kappa shape index (κ3) is 3.17. The third-order valence-electron chi connectivity index (χ3n) is 14.6. The molecular weight excluding hydrogens is 581 g/mol. The van der Waals surface area contributed by atoms with Gasteiger partial charge in [-0.15, -0.1) is 0 Å². The van der Waals surface area contributed by atoms with Gasteiger partial charge in [0.25, 0.3) is 0 Å². The topological polar surface area (TPSA) is 6.48 Å². The number of nitrogens with zero attached hydrogens (tertiary/aromatic N) is 2. The van der Waals surface area contributed by atoms with Gasteiger partial charge in [0.05, 0.1) is 12.1 Å². The first kappa shape index (κ1) is 27.9. The summed E-state index contributed by atoms with van der Waals surface area (Å²) in [5.41, 5.74) is 16.7. The second-order valence-electron chi connectivity index (χ2n) is 17.8. The van der Waals surface area contributed by atoms with Crippen molar-refractivity contribution in [3.63, 3.8) is 0 Å². The Morgan fingerprint density at radius 3 is 2.38 bits per heavy atom.